The molecule has 0 atom stereocenters. The van der Waals surface area contributed by atoms with Gasteiger partial charge in [-0.15, -0.1) is 0 Å². The molecule has 1 aliphatic carbocycles. The minimum atomic E-state index is -1.13. The van der Waals surface area contributed by atoms with Crippen molar-refractivity contribution in [1.82, 2.24) is 9.97 Å². The van der Waals surface area contributed by atoms with Crippen molar-refractivity contribution in [1.29, 1.82) is 0 Å². The lowest BCUT2D eigenvalue weighted by Crippen LogP contribution is -2.06. The average Bonchev–Trinajstić information content (AvgIpc) is 3.31. The zero-order valence-corrected chi connectivity index (χ0v) is 11.2. The van der Waals surface area contributed by atoms with E-state index in [1.165, 1.54) is 6.20 Å². The number of aromatic nitrogens is 2. The van der Waals surface area contributed by atoms with Crippen molar-refractivity contribution in [3.8, 4) is 0 Å². The second kappa shape index (κ2) is 5.47. The van der Waals surface area contributed by atoms with E-state index in [4.69, 9.17) is 5.11 Å². The van der Waals surface area contributed by atoms with Crippen molar-refractivity contribution in [2.24, 2.45) is 0 Å². The number of carboxylic acids is 1. The molecule has 1 heterocycles. The van der Waals surface area contributed by atoms with Gasteiger partial charge >= 0.3 is 5.97 Å². The molecular weight excluding hydrogens is 273 g/mol. The zero-order valence-electron chi connectivity index (χ0n) is 11.2. The van der Waals surface area contributed by atoms with Crippen molar-refractivity contribution in [3.63, 3.8) is 0 Å². The monoisotopic (exact) mass is 287 g/mol. The Labute approximate surface area is 120 Å². The second-order valence-corrected chi connectivity index (χ2v) is 5.07. The van der Waals surface area contributed by atoms with Gasteiger partial charge in [0.25, 0.3) is 0 Å². The summed E-state index contributed by atoms with van der Waals surface area (Å²) in [6.07, 6.45) is 4.77. The third kappa shape index (κ3) is 3.16. The van der Waals surface area contributed by atoms with Crippen LogP contribution < -0.4 is 5.32 Å². The van der Waals surface area contributed by atoms with Crippen LogP contribution in [0.1, 0.15) is 40.4 Å². The summed E-state index contributed by atoms with van der Waals surface area (Å²) in [6.45, 7) is 0.276. The summed E-state index contributed by atoms with van der Waals surface area (Å²) in [7, 11) is 0. The van der Waals surface area contributed by atoms with Crippen LogP contribution >= 0.6 is 0 Å². The molecule has 1 aromatic carbocycles. The molecule has 0 bridgehead atoms. The van der Waals surface area contributed by atoms with Crippen LogP contribution in [-0.2, 0) is 6.54 Å². The van der Waals surface area contributed by atoms with E-state index < -0.39 is 5.97 Å². The summed E-state index contributed by atoms with van der Waals surface area (Å²) >= 11 is 0. The molecule has 2 aromatic rings. The Hall–Kier alpha value is -2.50. The summed E-state index contributed by atoms with van der Waals surface area (Å²) in [6, 6.07) is 5.32. The Morgan fingerprint density at radius 3 is 2.71 bits per heavy atom. The Kier molecular flexibility index (Phi) is 3.51. The van der Waals surface area contributed by atoms with Gasteiger partial charge in [0.2, 0.25) is 0 Å². The number of aromatic carboxylic acids is 1. The molecule has 0 unspecified atom stereocenters. The van der Waals surface area contributed by atoms with Gasteiger partial charge in [-0.05, 0) is 30.4 Å². The van der Waals surface area contributed by atoms with Gasteiger partial charge in [-0.1, -0.05) is 12.1 Å². The van der Waals surface area contributed by atoms with E-state index in [9.17, 15) is 9.18 Å². The smallest absolute Gasteiger partial charge is 0.356 e. The molecule has 1 aliphatic rings. The molecule has 6 heteroatoms. The first-order valence-electron chi connectivity index (χ1n) is 6.71. The fraction of sp³-hybridized carbons (Fsp3) is 0.267. The quantitative estimate of drug-likeness (QED) is 0.884. The maximum Gasteiger partial charge on any atom is 0.356 e. The molecule has 1 aromatic heterocycles. The van der Waals surface area contributed by atoms with Crippen LogP contribution in [0.4, 0.5) is 10.2 Å². The van der Waals surface area contributed by atoms with Crippen LogP contribution in [0.15, 0.2) is 30.6 Å². The number of hydrogen-bond acceptors (Lipinski definition) is 4. The molecule has 1 fully saturated rings. The van der Waals surface area contributed by atoms with E-state index in [1.54, 1.807) is 12.1 Å². The second-order valence-electron chi connectivity index (χ2n) is 5.07. The lowest BCUT2D eigenvalue weighted by Gasteiger charge is -2.08. The van der Waals surface area contributed by atoms with Gasteiger partial charge in [-0.25, -0.2) is 19.2 Å². The van der Waals surface area contributed by atoms with Crippen LogP contribution in [0.25, 0.3) is 0 Å². The number of benzene rings is 1. The molecule has 1 saturated carbocycles. The first kappa shape index (κ1) is 13.5. The number of hydrogen-bond donors (Lipinski definition) is 2. The molecule has 0 amide bonds. The van der Waals surface area contributed by atoms with Crippen LogP contribution in [0.3, 0.4) is 0 Å². The first-order chi connectivity index (χ1) is 10.1. The van der Waals surface area contributed by atoms with Crippen molar-refractivity contribution in [2.75, 3.05) is 5.32 Å². The third-order valence-electron chi connectivity index (χ3n) is 3.46. The molecular formula is C15H14FN3O2. The van der Waals surface area contributed by atoms with E-state index >= 15 is 0 Å². The molecule has 0 radical (unpaired) electrons. The summed E-state index contributed by atoms with van der Waals surface area (Å²) < 4.78 is 14.0. The highest BCUT2D eigenvalue weighted by Crippen LogP contribution is 2.40. The van der Waals surface area contributed by atoms with Crippen molar-refractivity contribution < 1.29 is 14.3 Å². The number of rotatable bonds is 5. The highest BCUT2D eigenvalue weighted by Gasteiger charge is 2.24. The molecule has 0 aliphatic heterocycles. The first-order valence-corrected chi connectivity index (χ1v) is 6.71. The predicted octanol–water partition coefficient (Wildman–Crippen LogP) is 2.80. The fourth-order valence-corrected chi connectivity index (χ4v) is 2.09. The van der Waals surface area contributed by atoms with Gasteiger partial charge in [0.05, 0.1) is 12.4 Å². The standard InChI is InChI=1S/C15H14FN3O2/c16-12-5-10(9-1-2-9)3-4-11(12)6-18-14-8-17-13(7-19-14)15(20)21/h3-5,7-9H,1-2,6H2,(H,18,19)(H,20,21). The van der Waals surface area contributed by atoms with Gasteiger partial charge in [-0.2, -0.15) is 0 Å². The maximum atomic E-state index is 14.0. The van der Waals surface area contributed by atoms with E-state index in [0.717, 1.165) is 24.6 Å². The van der Waals surface area contributed by atoms with Gasteiger partial charge in [0.1, 0.15) is 11.6 Å². The predicted molar refractivity (Wildman–Crippen MR) is 74.7 cm³/mol. The number of halogens is 1. The highest BCUT2D eigenvalue weighted by atomic mass is 19.1. The minimum Gasteiger partial charge on any atom is -0.476 e. The van der Waals surface area contributed by atoms with Crippen molar-refractivity contribution in [2.45, 2.75) is 25.3 Å². The van der Waals surface area contributed by atoms with E-state index in [-0.39, 0.29) is 18.1 Å². The van der Waals surface area contributed by atoms with E-state index in [2.05, 4.69) is 15.3 Å². The van der Waals surface area contributed by atoms with E-state index in [1.807, 2.05) is 6.07 Å². The van der Waals surface area contributed by atoms with Gasteiger partial charge in [0, 0.05) is 12.1 Å². The molecule has 5 nitrogen and oxygen atoms in total. The normalized spacial score (nSPS) is 14.0. The van der Waals surface area contributed by atoms with Crippen LogP contribution in [0.5, 0.6) is 0 Å². The average molecular weight is 287 g/mol. The largest absolute Gasteiger partial charge is 0.476 e. The molecule has 0 saturated heterocycles. The lowest BCUT2D eigenvalue weighted by atomic mass is 10.1. The van der Waals surface area contributed by atoms with Gasteiger partial charge in [-0.3, -0.25) is 0 Å². The Morgan fingerprint density at radius 1 is 1.33 bits per heavy atom. The topological polar surface area (TPSA) is 75.1 Å². The Balaban J connectivity index is 1.65. The SMILES string of the molecule is O=C(O)c1cnc(NCc2ccc(C3CC3)cc2F)cn1. The summed E-state index contributed by atoms with van der Waals surface area (Å²) in [5, 5.41) is 11.6. The molecule has 2 N–H and O–H groups in total. The number of nitrogens with one attached hydrogen (secondary N) is 1. The van der Waals surface area contributed by atoms with Crippen LogP contribution in [-0.4, -0.2) is 21.0 Å². The molecule has 108 valence electrons. The summed E-state index contributed by atoms with van der Waals surface area (Å²) in [5.74, 6) is -0.431. The number of nitrogens with zero attached hydrogens (tertiary/aromatic N) is 2. The lowest BCUT2D eigenvalue weighted by molar-refractivity contribution is 0.0690. The highest BCUT2D eigenvalue weighted by molar-refractivity contribution is 5.84. The zero-order chi connectivity index (χ0) is 14.8. The molecule has 0 spiro atoms. The maximum absolute atomic E-state index is 14.0. The van der Waals surface area contributed by atoms with Gasteiger partial charge < -0.3 is 10.4 Å². The summed E-state index contributed by atoms with van der Waals surface area (Å²) in [5.41, 5.74) is 1.48. The van der Waals surface area contributed by atoms with E-state index in [0.29, 0.717) is 17.3 Å². The molecule has 3 rings (SSSR count). The fourth-order valence-electron chi connectivity index (χ4n) is 2.09. The van der Waals surface area contributed by atoms with Crippen molar-refractivity contribution >= 4 is 11.8 Å². The summed E-state index contributed by atoms with van der Waals surface area (Å²) in [4.78, 5) is 18.3. The van der Waals surface area contributed by atoms with Crippen LogP contribution in [0.2, 0.25) is 0 Å². The minimum absolute atomic E-state index is 0.125. The molecule has 21 heavy (non-hydrogen) atoms. The van der Waals surface area contributed by atoms with Crippen LogP contribution in [0, 0.1) is 5.82 Å². The Morgan fingerprint density at radius 2 is 2.14 bits per heavy atom. The number of carbonyl (C=O) groups is 1. The third-order valence-corrected chi connectivity index (χ3v) is 3.46. The number of anilines is 1. The Bertz CT molecular complexity index is 669. The number of carboxylic acid groups (broad SMARTS) is 1. The van der Waals surface area contributed by atoms with Gasteiger partial charge in [0.15, 0.2) is 5.69 Å². The van der Waals surface area contributed by atoms with Crippen molar-refractivity contribution in [3.05, 3.63) is 53.2 Å².